The standard InChI is InChI=1S/C16H11N3O3S/c20-14-8-11(17-16-19(14)5-6-23-16)9-22-15(21)13-7-10-3-1-2-4-12(10)18-13/h1-8,18H,9H2. The summed E-state index contributed by atoms with van der Waals surface area (Å²) < 4.78 is 6.70. The second-order valence-electron chi connectivity index (χ2n) is 4.99. The van der Waals surface area contributed by atoms with E-state index in [1.807, 2.05) is 24.3 Å². The molecule has 0 radical (unpaired) electrons. The molecular formula is C16H11N3O3S. The van der Waals surface area contributed by atoms with Gasteiger partial charge in [-0.3, -0.25) is 9.20 Å². The van der Waals surface area contributed by atoms with E-state index in [1.165, 1.54) is 21.8 Å². The highest BCUT2D eigenvalue weighted by molar-refractivity contribution is 7.15. The minimum Gasteiger partial charge on any atom is -0.455 e. The maximum atomic E-state index is 12.1. The molecule has 0 aliphatic carbocycles. The molecule has 0 bridgehead atoms. The molecule has 23 heavy (non-hydrogen) atoms. The summed E-state index contributed by atoms with van der Waals surface area (Å²) in [5.41, 5.74) is 1.49. The molecule has 7 heteroatoms. The predicted molar refractivity (Wildman–Crippen MR) is 86.8 cm³/mol. The van der Waals surface area contributed by atoms with Gasteiger partial charge in [-0.1, -0.05) is 18.2 Å². The Morgan fingerprint density at radius 3 is 3.04 bits per heavy atom. The van der Waals surface area contributed by atoms with Crippen molar-refractivity contribution < 1.29 is 9.53 Å². The van der Waals surface area contributed by atoms with E-state index in [0.717, 1.165) is 10.9 Å². The lowest BCUT2D eigenvalue weighted by Crippen LogP contribution is -2.14. The Labute approximate surface area is 134 Å². The van der Waals surface area contributed by atoms with Gasteiger partial charge in [-0.25, -0.2) is 9.78 Å². The summed E-state index contributed by atoms with van der Waals surface area (Å²) in [7, 11) is 0. The second-order valence-corrected chi connectivity index (χ2v) is 5.86. The molecule has 0 aliphatic heterocycles. The van der Waals surface area contributed by atoms with Gasteiger partial charge in [0.05, 0.1) is 5.69 Å². The molecule has 0 unspecified atom stereocenters. The van der Waals surface area contributed by atoms with E-state index in [1.54, 1.807) is 17.6 Å². The van der Waals surface area contributed by atoms with E-state index >= 15 is 0 Å². The van der Waals surface area contributed by atoms with Crippen molar-refractivity contribution in [1.82, 2.24) is 14.4 Å². The van der Waals surface area contributed by atoms with Gasteiger partial charge in [-0.2, -0.15) is 0 Å². The van der Waals surface area contributed by atoms with Crippen molar-refractivity contribution in [3.63, 3.8) is 0 Å². The van der Waals surface area contributed by atoms with E-state index in [-0.39, 0.29) is 12.2 Å². The summed E-state index contributed by atoms with van der Waals surface area (Å²) in [5.74, 6) is -0.477. The Hall–Kier alpha value is -2.93. The largest absolute Gasteiger partial charge is 0.455 e. The van der Waals surface area contributed by atoms with Crippen LogP contribution in [0.4, 0.5) is 0 Å². The third-order valence-corrected chi connectivity index (χ3v) is 4.21. The molecule has 1 aromatic carbocycles. The number of para-hydroxylation sites is 1. The molecule has 0 amide bonds. The lowest BCUT2D eigenvalue weighted by Gasteiger charge is -2.03. The maximum Gasteiger partial charge on any atom is 0.355 e. The second kappa shape index (κ2) is 5.36. The van der Waals surface area contributed by atoms with Gasteiger partial charge in [-0.15, -0.1) is 11.3 Å². The van der Waals surface area contributed by atoms with Gasteiger partial charge in [0.15, 0.2) is 4.96 Å². The van der Waals surface area contributed by atoms with Gasteiger partial charge in [0.25, 0.3) is 5.56 Å². The molecule has 0 atom stereocenters. The molecule has 6 nitrogen and oxygen atoms in total. The van der Waals surface area contributed by atoms with Crippen LogP contribution >= 0.6 is 11.3 Å². The maximum absolute atomic E-state index is 12.1. The number of aromatic nitrogens is 3. The van der Waals surface area contributed by atoms with Crippen molar-refractivity contribution in [2.45, 2.75) is 6.61 Å². The molecule has 3 aromatic heterocycles. The number of esters is 1. The Kier molecular flexibility index (Phi) is 3.20. The number of thiazole rings is 1. The van der Waals surface area contributed by atoms with Crippen molar-refractivity contribution in [2.75, 3.05) is 0 Å². The quantitative estimate of drug-likeness (QED) is 0.587. The lowest BCUT2D eigenvalue weighted by atomic mass is 10.2. The zero-order valence-corrected chi connectivity index (χ0v) is 12.7. The van der Waals surface area contributed by atoms with Crippen LogP contribution < -0.4 is 5.56 Å². The van der Waals surface area contributed by atoms with E-state index in [9.17, 15) is 9.59 Å². The van der Waals surface area contributed by atoms with Crippen molar-refractivity contribution in [3.8, 4) is 0 Å². The molecule has 4 rings (SSSR count). The molecule has 0 fully saturated rings. The monoisotopic (exact) mass is 325 g/mol. The molecule has 3 heterocycles. The van der Waals surface area contributed by atoms with Crippen molar-refractivity contribution >= 4 is 33.2 Å². The van der Waals surface area contributed by atoms with Crippen molar-refractivity contribution in [3.05, 3.63) is 69.7 Å². The van der Waals surface area contributed by atoms with Crippen LogP contribution in [0.1, 0.15) is 16.2 Å². The van der Waals surface area contributed by atoms with Crippen molar-refractivity contribution in [1.29, 1.82) is 0 Å². The number of ether oxygens (including phenoxy) is 1. The first-order chi connectivity index (χ1) is 11.2. The zero-order valence-electron chi connectivity index (χ0n) is 11.9. The highest BCUT2D eigenvalue weighted by atomic mass is 32.1. The summed E-state index contributed by atoms with van der Waals surface area (Å²) in [6.45, 7) is -0.0438. The highest BCUT2D eigenvalue weighted by Gasteiger charge is 2.12. The first-order valence-corrected chi connectivity index (χ1v) is 7.79. The average molecular weight is 325 g/mol. The van der Waals surface area contributed by atoms with E-state index in [0.29, 0.717) is 16.3 Å². The van der Waals surface area contributed by atoms with Crippen LogP contribution in [-0.2, 0) is 11.3 Å². The van der Waals surface area contributed by atoms with Crippen LogP contribution in [0, 0.1) is 0 Å². The summed E-state index contributed by atoms with van der Waals surface area (Å²) in [6.07, 6.45) is 1.66. The fourth-order valence-electron chi connectivity index (χ4n) is 2.36. The molecule has 0 aliphatic rings. The van der Waals surface area contributed by atoms with Gasteiger partial charge >= 0.3 is 5.97 Å². The van der Waals surface area contributed by atoms with Crippen LogP contribution in [-0.4, -0.2) is 20.3 Å². The minimum absolute atomic E-state index is 0.0438. The SMILES string of the molecule is O=C(OCc1cc(=O)n2ccsc2n1)c1cc2ccccc2[nH]1. The van der Waals surface area contributed by atoms with Gasteiger partial charge in [0.1, 0.15) is 12.3 Å². The number of H-pyrrole nitrogens is 1. The smallest absolute Gasteiger partial charge is 0.355 e. The number of fused-ring (bicyclic) bond motifs is 2. The number of carbonyl (C=O) groups is 1. The Balaban J connectivity index is 1.55. The Morgan fingerprint density at radius 1 is 1.30 bits per heavy atom. The number of benzene rings is 1. The predicted octanol–water partition coefficient (Wildman–Crippen LogP) is 2.59. The number of carbonyl (C=O) groups excluding carboxylic acids is 1. The molecule has 114 valence electrons. The van der Waals surface area contributed by atoms with E-state index in [4.69, 9.17) is 4.74 Å². The summed E-state index contributed by atoms with van der Waals surface area (Å²) in [5, 5.41) is 2.72. The number of aromatic amines is 1. The number of rotatable bonds is 3. The van der Waals surface area contributed by atoms with Crippen LogP contribution in [0.3, 0.4) is 0 Å². The van der Waals surface area contributed by atoms with Crippen LogP contribution in [0.25, 0.3) is 15.9 Å². The molecule has 0 saturated carbocycles. The van der Waals surface area contributed by atoms with Gasteiger partial charge in [-0.05, 0) is 12.1 Å². The molecule has 0 spiro atoms. The van der Waals surface area contributed by atoms with Crippen LogP contribution in [0.5, 0.6) is 0 Å². The van der Waals surface area contributed by atoms with E-state index in [2.05, 4.69) is 9.97 Å². The Bertz CT molecular complexity index is 1040. The summed E-state index contributed by atoms with van der Waals surface area (Å²) >= 11 is 1.35. The fourth-order valence-corrected chi connectivity index (χ4v) is 3.10. The Morgan fingerprint density at radius 2 is 2.17 bits per heavy atom. The topological polar surface area (TPSA) is 76.5 Å². The summed E-state index contributed by atoms with van der Waals surface area (Å²) in [4.78, 5) is 31.9. The van der Waals surface area contributed by atoms with Gasteiger partial charge in [0, 0.05) is 28.5 Å². The average Bonchev–Trinajstić information content (AvgIpc) is 3.19. The van der Waals surface area contributed by atoms with Crippen molar-refractivity contribution in [2.24, 2.45) is 0 Å². The number of nitrogens with zero attached hydrogens (tertiary/aromatic N) is 2. The minimum atomic E-state index is -0.477. The number of nitrogens with one attached hydrogen (secondary N) is 1. The normalized spacial score (nSPS) is 11.1. The van der Waals surface area contributed by atoms with Gasteiger partial charge in [0.2, 0.25) is 0 Å². The lowest BCUT2D eigenvalue weighted by molar-refractivity contribution is 0.0462. The number of hydrogen-bond donors (Lipinski definition) is 1. The van der Waals surface area contributed by atoms with E-state index < -0.39 is 5.97 Å². The van der Waals surface area contributed by atoms with Gasteiger partial charge < -0.3 is 9.72 Å². The molecule has 1 N–H and O–H groups in total. The molecular weight excluding hydrogens is 314 g/mol. The summed E-state index contributed by atoms with van der Waals surface area (Å²) in [6, 6.07) is 10.7. The molecule has 0 saturated heterocycles. The first kappa shape index (κ1) is 13.7. The molecule has 4 aromatic rings. The van der Waals surface area contributed by atoms with Crippen LogP contribution in [0.2, 0.25) is 0 Å². The zero-order chi connectivity index (χ0) is 15.8. The highest BCUT2D eigenvalue weighted by Crippen LogP contribution is 2.15. The first-order valence-electron chi connectivity index (χ1n) is 6.91. The fraction of sp³-hybridized carbons (Fsp3) is 0.0625. The third kappa shape index (κ3) is 2.51. The third-order valence-electron chi connectivity index (χ3n) is 3.46. The van der Waals surface area contributed by atoms with Crippen LogP contribution in [0.15, 0.2) is 52.8 Å². The number of hydrogen-bond acceptors (Lipinski definition) is 5.